The lowest BCUT2D eigenvalue weighted by Gasteiger charge is -2.31. The molecule has 3 aromatic rings. The number of fused-ring (bicyclic) bond motifs is 1. The molecule has 1 aliphatic carbocycles. The third-order valence-corrected chi connectivity index (χ3v) is 7.06. The van der Waals surface area contributed by atoms with Gasteiger partial charge in [-0.3, -0.25) is 4.79 Å². The number of allylic oxidation sites excluding steroid dienone is 1. The first kappa shape index (κ1) is 25.5. The van der Waals surface area contributed by atoms with Gasteiger partial charge in [-0.15, -0.1) is 0 Å². The van der Waals surface area contributed by atoms with Crippen molar-refractivity contribution >= 4 is 17.2 Å². The van der Waals surface area contributed by atoms with Gasteiger partial charge in [0.05, 0.1) is 44.8 Å². The molecule has 0 amide bonds. The molecule has 0 radical (unpaired) electrons. The molecule has 0 aromatic heterocycles. The van der Waals surface area contributed by atoms with Crippen LogP contribution in [0.1, 0.15) is 49.8 Å². The van der Waals surface area contributed by atoms with Crippen molar-refractivity contribution in [1.82, 2.24) is 0 Å². The van der Waals surface area contributed by atoms with Gasteiger partial charge in [-0.2, -0.15) is 0 Å². The highest BCUT2D eigenvalue weighted by Crippen LogP contribution is 2.48. The van der Waals surface area contributed by atoms with E-state index in [0.717, 1.165) is 39.5 Å². The summed E-state index contributed by atoms with van der Waals surface area (Å²) < 4.78 is 22.9. The number of methoxy groups -OCH3 is 3. The van der Waals surface area contributed by atoms with E-state index in [1.807, 2.05) is 74.5 Å². The minimum atomic E-state index is -0.357. The number of hydrogen-bond acceptors (Lipinski definition) is 7. The molecule has 1 heterocycles. The van der Waals surface area contributed by atoms with E-state index in [4.69, 9.17) is 18.9 Å². The van der Waals surface area contributed by atoms with Crippen molar-refractivity contribution in [3.8, 4) is 23.0 Å². The van der Waals surface area contributed by atoms with Crippen LogP contribution in [0.4, 0.5) is 11.4 Å². The van der Waals surface area contributed by atoms with Crippen LogP contribution in [0.5, 0.6) is 23.0 Å². The lowest BCUT2D eigenvalue weighted by Crippen LogP contribution is -2.27. The maximum atomic E-state index is 14.0. The molecule has 198 valence electrons. The normalized spacial score (nSPS) is 18.5. The van der Waals surface area contributed by atoms with Crippen molar-refractivity contribution in [2.75, 3.05) is 32.0 Å². The lowest BCUT2D eigenvalue weighted by molar-refractivity contribution is -0.116. The van der Waals surface area contributed by atoms with E-state index in [2.05, 4.69) is 10.6 Å². The summed E-state index contributed by atoms with van der Waals surface area (Å²) in [4.78, 5) is 14.0. The highest BCUT2D eigenvalue weighted by Gasteiger charge is 2.37. The Balaban J connectivity index is 1.61. The van der Waals surface area contributed by atoms with Crippen LogP contribution >= 0.6 is 0 Å². The zero-order valence-corrected chi connectivity index (χ0v) is 22.5. The molecule has 7 heteroatoms. The van der Waals surface area contributed by atoms with Crippen molar-refractivity contribution < 1.29 is 23.7 Å². The van der Waals surface area contributed by atoms with Crippen LogP contribution in [-0.4, -0.2) is 33.2 Å². The minimum absolute atomic E-state index is 0.00672. The molecule has 0 saturated carbocycles. The third kappa shape index (κ3) is 4.76. The first-order chi connectivity index (χ1) is 18.4. The molecule has 2 N–H and O–H groups in total. The van der Waals surface area contributed by atoms with E-state index in [9.17, 15) is 4.79 Å². The molecule has 5 rings (SSSR count). The fraction of sp³-hybridized carbons (Fsp3) is 0.323. The second-order valence-electron chi connectivity index (χ2n) is 9.83. The Hall–Kier alpha value is -4.13. The number of nitrogens with one attached hydrogen (secondary N) is 2. The summed E-state index contributed by atoms with van der Waals surface area (Å²) in [5, 5.41) is 7.25. The minimum Gasteiger partial charge on any atom is -0.493 e. The summed E-state index contributed by atoms with van der Waals surface area (Å²) in [6.07, 6.45) is 1.02. The highest BCUT2D eigenvalue weighted by atomic mass is 16.5. The molecule has 0 bridgehead atoms. The molecule has 0 unspecified atom stereocenters. The van der Waals surface area contributed by atoms with E-state index in [0.29, 0.717) is 30.1 Å². The number of carbonyl (C=O) groups is 1. The molecule has 0 spiro atoms. The van der Waals surface area contributed by atoms with Crippen molar-refractivity contribution in [2.45, 2.75) is 44.8 Å². The van der Waals surface area contributed by atoms with Crippen LogP contribution in [0.3, 0.4) is 0 Å². The first-order valence-corrected chi connectivity index (χ1v) is 12.9. The smallest absolute Gasteiger partial charge is 0.203 e. The number of rotatable bonds is 7. The van der Waals surface area contributed by atoms with Gasteiger partial charge in [0.25, 0.3) is 0 Å². The third-order valence-electron chi connectivity index (χ3n) is 7.06. The Kier molecular flexibility index (Phi) is 7.18. The van der Waals surface area contributed by atoms with Gasteiger partial charge in [-0.25, -0.2) is 0 Å². The Bertz CT molecular complexity index is 1360. The fourth-order valence-corrected chi connectivity index (χ4v) is 5.38. The van der Waals surface area contributed by atoms with E-state index in [-0.39, 0.29) is 23.8 Å². The fourth-order valence-electron chi connectivity index (χ4n) is 5.38. The predicted molar refractivity (Wildman–Crippen MR) is 149 cm³/mol. The topological polar surface area (TPSA) is 78.1 Å². The second-order valence-corrected chi connectivity index (χ2v) is 9.83. The monoisotopic (exact) mass is 514 g/mol. The van der Waals surface area contributed by atoms with Crippen LogP contribution < -0.4 is 29.6 Å². The first-order valence-electron chi connectivity index (χ1n) is 12.9. The van der Waals surface area contributed by atoms with E-state index < -0.39 is 0 Å². The van der Waals surface area contributed by atoms with E-state index in [1.165, 1.54) is 0 Å². The summed E-state index contributed by atoms with van der Waals surface area (Å²) in [5.41, 5.74) is 5.41. The summed E-state index contributed by atoms with van der Waals surface area (Å²) in [7, 11) is 4.79. The lowest BCUT2D eigenvalue weighted by atomic mass is 9.78. The Labute approximate surface area is 223 Å². The standard InChI is InChI=1S/C31H34N2O5/c1-18(2)38-26-13-9-6-10-21(26)30-29-24(32-22-11-7-8-12-23(22)33-30)14-19(15-25(29)34)20-16-27(35-3)31(37-5)28(17-20)36-4/h6-13,16-19,30,32-33H,14-15H2,1-5H3/t19-,30+/m1/s1. The summed E-state index contributed by atoms with van der Waals surface area (Å²) in [6.45, 7) is 4.01. The van der Waals surface area contributed by atoms with Gasteiger partial charge in [-0.05, 0) is 62.1 Å². The van der Waals surface area contributed by atoms with Gasteiger partial charge in [0.1, 0.15) is 5.75 Å². The molecular weight excluding hydrogens is 480 g/mol. The molecule has 7 nitrogen and oxygen atoms in total. The summed E-state index contributed by atoms with van der Waals surface area (Å²) in [5.74, 6) is 2.48. The molecule has 38 heavy (non-hydrogen) atoms. The Morgan fingerprint density at radius 3 is 2.13 bits per heavy atom. The average molecular weight is 515 g/mol. The molecule has 0 saturated heterocycles. The predicted octanol–water partition coefficient (Wildman–Crippen LogP) is 6.48. The number of para-hydroxylation sites is 3. The van der Waals surface area contributed by atoms with Crippen LogP contribution in [0.15, 0.2) is 71.9 Å². The number of Topliss-reactive ketones (excluding diaryl/α,β-unsaturated/α-hetero) is 1. The highest BCUT2D eigenvalue weighted by molar-refractivity contribution is 6.01. The zero-order chi connectivity index (χ0) is 26.8. The van der Waals surface area contributed by atoms with Crippen LogP contribution in [0, 0.1) is 0 Å². The van der Waals surface area contributed by atoms with E-state index >= 15 is 0 Å². The quantitative estimate of drug-likeness (QED) is 0.374. The number of ether oxygens (including phenoxy) is 4. The van der Waals surface area contributed by atoms with Gasteiger partial charge >= 0.3 is 0 Å². The Morgan fingerprint density at radius 2 is 1.47 bits per heavy atom. The SMILES string of the molecule is COc1cc([C@H]2CC(=O)C3=C(C2)Nc2ccccc2N[C@H]3c2ccccc2OC(C)C)cc(OC)c1OC. The number of carbonyl (C=O) groups excluding carboxylic acids is 1. The van der Waals surface area contributed by atoms with Crippen LogP contribution in [0.25, 0.3) is 0 Å². The number of ketones is 1. The van der Waals surface area contributed by atoms with Crippen molar-refractivity contribution in [3.05, 3.63) is 83.1 Å². The molecule has 2 aliphatic rings. The largest absolute Gasteiger partial charge is 0.493 e. The van der Waals surface area contributed by atoms with Crippen molar-refractivity contribution in [3.63, 3.8) is 0 Å². The molecule has 0 fully saturated rings. The summed E-state index contributed by atoms with van der Waals surface area (Å²) >= 11 is 0. The average Bonchev–Trinajstić information content (AvgIpc) is 3.09. The maximum Gasteiger partial charge on any atom is 0.203 e. The number of benzene rings is 3. The second kappa shape index (κ2) is 10.7. The van der Waals surface area contributed by atoms with E-state index in [1.54, 1.807) is 21.3 Å². The molecular formula is C31H34N2O5. The Morgan fingerprint density at radius 1 is 0.816 bits per heavy atom. The van der Waals surface area contributed by atoms with Crippen molar-refractivity contribution in [1.29, 1.82) is 0 Å². The van der Waals surface area contributed by atoms with Gasteiger partial charge < -0.3 is 29.6 Å². The zero-order valence-electron chi connectivity index (χ0n) is 22.5. The van der Waals surface area contributed by atoms with Gasteiger partial charge in [0, 0.05) is 23.3 Å². The van der Waals surface area contributed by atoms with Crippen LogP contribution in [0.2, 0.25) is 0 Å². The van der Waals surface area contributed by atoms with Crippen LogP contribution in [-0.2, 0) is 4.79 Å². The molecule has 2 atom stereocenters. The van der Waals surface area contributed by atoms with Crippen molar-refractivity contribution in [2.24, 2.45) is 0 Å². The van der Waals surface area contributed by atoms with Gasteiger partial charge in [0.2, 0.25) is 5.75 Å². The number of hydrogen-bond donors (Lipinski definition) is 2. The molecule has 1 aliphatic heterocycles. The number of anilines is 2. The van der Waals surface area contributed by atoms with Gasteiger partial charge in [0.15, 0.2) is 17.3 Å². The summed E-state index contributed by atoms with van der Waals surface area (Å²) in [6, 6.07) is 19.5. The molecule has 3 aromatic carbocycles. The van der Waals surface area contributed by atoms with Gasteiger partial charge in [-0.1, -0.05) is 30.3 Å². The maximum absolute atomic E-state index is 14.0.